The number of aliphatic hydroxyl groups excluding tert-OH is 1. The number of hydrogen-bond donors (Lipinski definition) is 6. The molecule has 2 aliphatic rings. The molecule has 1 aromatic carbocycles. The zero-order chi connectivity index (χ0) is 28.0. The summed E-state index contributed by atoms with van der Waals surface area (Å²) in [5.74, 6) is 0.624. The zero-order valence-corrected chi connectivity index (χ0v) is 24.2. The first-order chi connectivity index (χ1) is 17.8. The van der Waals surface area contributed by atoms with Crippen LogP contribution in [0.3, 0.4) is 0 Å². The van der Waals surface area contributed by atoms with Crippen molar-refractivity contribution in [2.75, 3.05) is 27.2 Å². The Morgan fingerprint density at radius 3 is 2.62 bits per heavy atom. The highest BCUT2D eigenvalue weighted by Crippen LogP contribution is 2.31. The highest BCUT2D eigenvalue weighted by Gasteiger charge is 2.54. The number of rotatable bonds is 9. The Balaban J connectivity index is 0.00000163. The van der Waals surface area contributed by atoms with Crippen LogP contribution in [0.2, 0.25) is 0 Å². The first-order valence-corrected chi connectivity index (χ1v) is 13.9. The molecule has 1 aromatic rings. The summed E-state index contributed by atoms with van der Waals surface area (Å²) >= 11 is 0. The van der Waals surface area contributed by atoms with E-state index in [1.807, 2.05) is 59.2 Å². The number of aryl methyl sites for hydroxylation is 1. The van der Waals surface area contributed by atoms with E-state index in [2.05, 4.69) is 39.2 Å². The Morgan fingerprint density at radius 2 is 1.97 bits per heavy atom. The molecule has 1 fully saturated rings. The average molecular weight is 518 g/mol. The van der Waals surface area contributed by atoms with E-state index in [0.29, 0.717) is 13.1 Å². The van der Waals surface area contributed by atoms with Crippen LogP contribution in [0.1, 0.15) is 81.8 Å². The molecule has 4 atom stereocenters. The smallest absolute Gasteiger partial charge is 0.251 e. The van der Waals surface area contributed by atoms with Crippen LogP contribution in [-0.2, 0) is 12.8 Å². The Hall–Kier alpha value is -2.42. The molecule has 1 aliphatic heterocycles. The lowest BCUT2D eigenvalue weighted by molar-refractivity contribution is -0.523. The second-order valence-corrected chi connectivity index (χ2v) is 9.66. The van der Waals surface area contributed by atoms with Crippen molar-refractivity contribution < 1.29 is 14.9 Å². The third-order valence-corrected chi connectivity index (χ3v) is 7.42. The van der Waals surface area contributed by atoms with Gasteiger partial charge in [0.25, 0.3) is 5.91 Å². The molecule has 0 saturated carbocycles. The SMILES string of the molecule is C/C=C\NCC([NH+]=C(N)CCC)C1(C)C(O)C(NC(=O)c2cccc3c2CCCC3)CN1C.CC.CN. The minimum atomic E-state index is -0.759. The van der Waals surface area contributed by atoms with Crippen LogP contribution in [-0.4, -0.2) is 72.7 Å². The maximum Gasteiger partial charge on any atom is 0.251 e. The Labute approximate surface area is 225 Å². The number of nitrogens with zero attached hydrogens (tertiary/aromatic N) is 1. The molecule has 1 saturated heterocycles. The number of likely N-dealkylation sites (N-methyl/N-ethyl adjacent to an activating group) is 1. The Kier molecular flexibility index (Phi) is 14.5. The number of likely N-dealkylation sites (tertiary alicyclic amines) is 1. The van der Waals surface area contributed by atoms with E-state index in [1.165, 1.54) is 24.6 Å². The van der Waals surface area contributed by atoms with Gasteiger partial charge in [-0.1, -0.05) is 39.0 Å². The van der Waals surface area contributed by atoms with Gasteiger partial charge in [0.2, 0.25) is 5.84 Å². The second-order valence-electron chi connectivity index (χ2n) is 9.66. The number of nitrogens with one attached hydrogen (secondary N) is 3. The highest BCUT2D eigenvalue weighted by atomic mass is 16.3. The molecular formula is C29H53N6O2+. The molecule has 0 aromatic heterocycles. The lowest BCUT2D eigenvalue weighted by Crippen LogP contribution is -2.90. The van der Waals surface area contributed by atoms with Crippen LogP contribution in [0.25, 0.3) is 0 Å². The summed E-state index contributed by atoms with van der Waals surface area (Å²) in [6.07, 6.45) is 9.07. The van der Waals surface area contributed by atoms with Gasteiger partial charge in [-0.2, -0.15) is 0 Å². The van der Waals surface area contributed by atoms with E-state index in [9.17, 15) is 9.90 Å². The van der Waals surface area contributed by atoms with E-state index in [-0.39, 0.29) is 18.0 Å². The molecule has 1 aliphatic carbocycles. The van der Waals surface area contributed by atoms with E-state index < -0.39 is 11.6 Å². The summed E-state index contributed by atoms with van der Waals surface area (Å²) in [5, 5.41) is 17.9. The van der Waals surface area contributed by atoms with E-state index in [0.717, 1.165) is 43.5 Å². The van der Waals surface area contributed by atoms with Gasteiger partial charge < -0.3 is 21.5 Å². The maximum absolute atomic E-state index is 13.3. The van der Waals surface area contributed by atoms with Crippen molar-refractivity contribution in [1.82, 2.24) is 15.5 Å². The third-order valence-electron chi connectivity index (χ3n) is 7.42. The van der Waals surface area contributed by atoms with Crippen molar-refractivity contribution in [3.8, 4) is 0 Å². The molecule has 8 heteroatoms. The third kappa shape index (κ3) is 8.03. The Morgan fingerprint density at radius 1 is 1.30 bits per heavy atom. The van der Waals surface area contributed by atoms with Crippen molar-refractivity contribution in [1.29, 1.82) is 0 Å². The van der Waals surface area contributed by atoms with Gasteiger partial charge in [0, 0.05) is 18.5 Å². The summed E-state index contributed by atoms with van der Waals surface area (Å²) in [4.78, 5) is 18.9. The molecule has 8 nitrogen and oxygen atoms in total. The average Bonchev–Trinajstić information content (AvgIpc) is 3.14. The first-order valence-electron chi connectivity index (χ1n) is 13.9. The number of benzene rings is 1. The largest absolute Gasteiger partial charge is 0.389 e. The second kappa shape index (κ2) is 16.4. The molecule has 1 heterocycles. The normalized spacial score (nSPS) is 24.3. The van der Waals surface area contributed by atoms with Crippen molar-refractivity contribution in [3.63, 3.8) is 0 Å². The van der Waals surface area contributed by atoms with E-state index in [1.54, 1.807) is 0 Å². The number of nitrogens with two attached hydrogens (primary N) is 2. The van der Waals surface area contributed by atoms with Crippen molar-refractivity contribution in [2.24, 2.45) is 11.5 Å². The fourth-order valence-corrected chi connectivity index (χ4v) is 5.33. The van der Waals surface area contributed by atoms with Crippen LogP contribution in [0, 0.1) is 0 Å². The molecule has 1 amide bonds. The molecule has 210 valence electrons. The number of hydrogen-bond acceptors (Lipinski definition) is 5. The van der Waals surface area contributed by atoms with Crippen LogP contribution in [0.5, 0.6) is 0 Å². The maximum atomic E-state index is 13.3. The standard InChI is InChI=1S/C26H41N5O2.C2H6.CH5N/c1-5-10-23(27)30-22(16-28-15-6-2)26(3)24(32)21(17-31(26)4)29-25(33)20-14-9-12-18-11-7-8-13-19(18)20;2*1-2/h6,9,12,14-15,21-22,24,28,32H,5,7-8,10-11,13,16-17H2,1-4H3,(H2,27,30)(H,29,33);1-2H3;2H2,1H3/p+1/b15-6-;;. The topological polar surface area (TPSA) is 131 Å². The molecule has 37 heavy (non-hydrogen) atoms. The number of aliphatic hydroxyl groups is 1. The highest BCUT2D eigenvalue weighted by molar-refractivity contribution is 5.96. The summed E-state index contributed by atoms with van der Waals surface area (Å²) < 4.78 is 0. The lowest BCUT2D eigenvalue weighted by Gasteiger charge is -2.39. The van der Waals surface area contributed by atoms with Crippen molar-refractivity contribution >= 4 is 11.7 Å². The van der Waals surface area contributed by atoms with E-state index in [4.69, 9.17) is 5.73 Å². The molecule has 4 unspecified atom stereocenters. The van der Waals surface area contributed by atoms with Gasteiger partial charge in [-0.15, -0.1) is 0 Å². The molecule has 0 spiro atoms. The van der Waals surface area contributed by atoms with Gasteiger partial charge in [-0.3, -0.25) is 20.4 Å². The summed E-state index contributed by atoms with van der Waals surface area (Å²) in [6, 6.07) is 5.50. The quantitative estimate of drug-likeness (QED) is 0.215. The number of carbonyl (C=O) groups is 1. The van der Waals surface area contributed by atoms with Gasteiger partial charge in [0.15, 0.2) is 0 Å². The number of amides is 1. The number of fused-ring (bicyclic) bond motifs is 1. The molecular weight excluding hydrogens is 464 g/mol. The predicted molar refractivity (Wildman–Crippen MR) is 155 cm³/mol. The fraction of sp³-hybridized carbons (Fsp3) is 0.655. The van der Waals surface area contributed by atoms with Crippen molar-refractivity contribution in [2.45, 2.75) is 96.9 Å². The molecule has 8 N–H and O–H groups in total. The lowest BCUT2D eigenvalue weighted by atomic mass is 9.85. The summed E-state index contributed by atoms with van der Waals surface area (Å²) in [5.41, 5.74) is 13.3. The Bertz CT molecular complexity index is 887. The van der Waals surface area contributed by atoms with Crippen LogP contribution in [0.15, 0.2) is 30.5 Å². The fourth-order valence-electron chi connectivity index (χ4n) is 5.33. The van der Waals surface area contributed by atoms with Crippen LogP contribution < -0.4 is 27.1 Å². The van der Waals surface area contributed by atoms with Gasteiger partial charge >= 0.3 is 0 Å². The monoisotopic (exact) mass is 517 g/mol. The predicted octanol–water partition coefficient (Wildman–Crippen LogP) is 1.06. The minimum Gasteiger partial charge on any atom is -0.389 e. The first kappa shape index (κ1) is 32.6. The van der Waals surface area contributed by atoms with Crippen LogP contribution in [0.4, 0.5) is 0 Å². The van der Waals surface area contributed by atoms with Gasteiger partial charge in [0.05, 0.1) is 24.2 Å². The summed E-state index contributed by atoms with van der Waals surface area (Å²) in [6.45, 7) is 11.3. The molecule has 3 rings (SSSR count). The van der Waals surface area contributed by atoms with E-state index >= 15 is 0 Å². The zero-order valence-electron chi connectivity index (χ0n) is 24.2. The number of carbonyl (C=O) groups excluding carboxylic acids is 1. The van der Waals surface area contributed by atoms with Crippen LogP contribution >= 0.6 is 0 Å². The molecule has 0 bridgehead atoms. The van der Waals surface area contributed by atoms with Gasteiger partial charge in [0.1, 0.15) is 6.04 Å². The number of allylic oxidation sites excluding steroid dienone is 1. The molecule has 0 radical (unpaired) electrons. The van der Waals surface area contributed by atoms with Crippen molar-refractivity contribution in [3.05, 3.63) is 47.2 Å². The van der Waals surface area contributed by atoms with Gasteiger partial charge in [-0.05, 0) is 83.4 Å². The number of amidine groups is 1. The minimum absolute atomic E-state index is 0.0935. The summed E-state index contributed by atoms with van der Waals surface area (Å²) in [7, 11) is 3.50. The van der Waals surface area contributed by atoms with Gasteiger partial charge in [-0.25, -0.2) is 0 Å².